The Morgan fingerprint density at radius 3 is 2.68 bits per heavy atom. The van der Waals surface area contributed by atoms with E-state index in [1.165, 1.54) is 5.56 Å². The fourth-order valence-corrected chi connectivity index (χ4v) is 4.15. The van der Waals surface area contributed by atoms with Crippen LogP contribution in [0.2, 0.25) is 5.02 Å². The van der Waals surface area contributed by atoms with Crippen molar-refractivity contribution in [2.24, 2.45) is 0 Å². The summed E-state index contributed by atoms with van der Waals surface area (Å²) < 4.78 is 0. The number of piperidine rings is 1. The van der Waals surface area contributed by atoms with Gasteiger partial charge in [0.1, 0.15) is 0 Å². The van der Waals surface area contributed by atoms with E-state index in [9.17, 15) is 4.79 Å². The maximum atomic E-state index is 12.4. The summed E-state index contributed by atoms with van der Waals surface area (Å²) in [5.74, 6) is -0.145. The molecule has 3 aromatic rings. The third kappa shape index (κ3) is 6.06. The van der Waals surface area contributed by atoms with Crippen LogP contribution in [-0.2, 0) is 6.42 Å². The number of pyridine rings is 1. The van der Waals surface area contributed by atoms with Crippen LogP contribution in [0.15, 0.2) is 73.1 Å². The molecule has 0 saturated carbocycles. The van der Waals surface area contributed by atoms with Crippen LogP contribution in [-0.4, -0.2) is 36.6 Å². The Kier molecular flexibility index (Phi) is 7.18. The molecule has 4 rings (SSSR count). The first-order valence-electron chi connectivity index (χ1n) is 10.7. The third-order valence-electron chi connectivity index (χ3n) is 5.62. The molecule has 160 valence electrons. The number of rotatable bonds is 7. The number of amides is 1. The van der Waals surface area contributed by atoms with E-state index >= 15 is 0 Å². The third-order valence-corrected chi connectivity index (χ3v) is 5.86. The molecule has 2 aromatic carbocycles. The number of halogens is 1. The lowest BCUT2D eigenvalue weighted by Crippen LogP contribution is -2.43. The fourth-order valence-electron chi connectivity index (χ4n) is 3.94. The van der Waals surface area contributed by atoms with Gasteiger partial charge < -0.3 is 15.5 Å². The second kappa shape index (κ2) is 10.4. The molecule has 0 radical (unpaired) electrons. The number of hydrogen-bond donors (Lipinski definition) is 2. The van der Waals surface area contributed by atoms with Gasteiger partial charge in [-0.2, -0.15) is 0 Å². The summed E-state index contributed by atoms with van der Waals surface area (Å²) in [7, 11) is 0. The molecule has 0 aliphatic carbocycles. The van der Waals surface area contributed by atoms with Crippen LogP contribution in [0.4, 0.5) is 11.4 Å². The van der Waals surface area contributed by atoms with E-state index in [1.54, 1.807) is 24.5 Å². The number of anilines is 2. The summed E-state index contributed by atoms with van der Waals surface area (Å²) in [4.78, 5) is 18.8. The van der Waals surface area contributed by atoms with Gasteiger partial charge in [0.05, 0.1) is 5.56 Å². The number of benzene rings is 2. The van der Waals surface area contributed by atoms with Crippen LogP contribution < -0.4 is 15.5 Å². The molecule has 1 aliphatic rings. The number of carbonyl (C=O) groups is 1. The fraction of sp³-hybridized carbons (Fsp3) is 0.280. The van der Waals surface area contributed by atoms with Gasteiger partial charge >= 0.3 is 0 Å². The molecule has 6 heteroatoms. The summed E-state index contributed by atoms with van der Waals surface area (Å²) in [6.45, 7) is 2.95. The smallest absolute Gasteiger partial charge is 0.257 e. The highest BCUT2D eigenvalue weighted by atomic mass is 35.5. The number of nitrogens with one attached hydrogen (secondary N) is 2. The summed E-state index contributed by atoms with van der Waals surface area (Å²) in [5.41, 5.74) is 3.76. The zero-order valence-corrected chi connectivity index (χ0v) is 18.2. The Balaban J connectivity index is 1.26. The minimum atomic E-state index is -0.145. The first-order chi connectivity index (χ1) is 15.2. The normalized spacial score (nSPS) is 14.4. The highest BCUT2D eigenvalue weighted by Gasteiger charge is 2.19. The zero-order valence-electron chi connectivity index (χ0n) is 17.4. The van der Waals surface area contributed by atoms with Gasteiger partial charge in [0, 0.05) is 47.9 Å². The van der Waals surface area contributed by atoms with E-state index in [1.807, 2.05) is 36.4 Å². The number of aromatic nitrogens is 1. The van der Waals surface area contributed by atoms with Crippen molar-refractivity contribution in [1.29, 1.82) is 0 Å². The molecule has 1 fully saturated rings. The van der Waals surface area contributed by atoms with E-state index in [2.05, 4.69) is 32.7 Å². The SMILES string of the molecule is O=C(Nc1cccc(N2CCC(NCCc3cccc(Cl)c3)CC2)c1)c1cccnc1. The van der Waals surface area contributed by atoms with Crippen molar-refractivity contribution in [3.05, 3.63) is 89.2 Å². The molecule has 5 nitrogen and oxygen atoms in total. The molecular formula is C25H27ClN4O. The second-order valence-electron chi connectivity index (χ2n) is 7.84. The van der Waals surface area contributed by atoms with Crippen LogP contribution in [0.3, 0.4) is 0 Å². The molecule has 2 heterocycles. The van der Waals surface area contributed by atoms with Crippen LogP contribution in [0, 0.1) is 0 Å². The Bertz CT molecular complexity index is 1000. The summed E-state index contributed by atoms with van der Waals surface area (Å²) in [5, 5.41) is 7.45. The van der Waals surface area contributed by atoms with Crippen LogP contribution in [0.5, 0.6) is 0 Å². The topological polar surface area (TPSA) is 57.3 Å². The maximum absolute atomic E-state index is 12.4. The Morgan fingerprint density at radius 1 is 1.06 bits per heavy atom. The Labute approximate surface area is 188 Å². The van der Waals surface area contributed by atoms with Gasteiger partial charge in [-0.3, -0.25) is 9.78 Å². The standard InChI is InChI=1S/C25H27ClN4O/c26-21-6-1-4-19(16-21)9-13-28-22-10-14-30(15-11-22)24-8-2-7-23(17-24)29-25(31)20-5-3-12-27-18-20/h1-8,12,16-18,22,28H,9-11,13-15H2,(H,29,31). The molecule has 0 unspecified atom stereocenters. The molecule has 1 saturated heterocycles. The maximum Gasteiger partial charge on any atom is 0.257 e. The van der Waals surface area contributed by atoms with E-state index < -0.39 is 0 Å². The zero-order chi connectivity index (χ0) is 21.5. The van der Waals surface area contributed by atoms with Crippen molar-refractivity contribution < 1.29 is 4.79 Å². The van der Waals surface area contributed by atoms with Crippen molar-refractivity contribution in [3.8, 4) is 0 Å². The van der Waals surface area contributed by atoms with Crippen molar-refractivity contribution in [1.82, 2.24) is 10.3 Å². The minimum Gasteiger partial charge on any atom is -0.371 e. The largest absolute Gasteiger partial charge is 0.371 e. The van der Waals surface area contributed by atoms with Crippen LogP contribution in [0.1, 0.15) is 28.8 Å². The molecule has 1 amide bonds. The number of hydrogen-bond acceptors (Lipinski definition) is 4. The highest BCUT2D eigenvalue weighted by molar-refractivity contribution is 6.30. The minimum absolute atomic E-state index is 0.145. The number of nitrogens with zero attached hydrogens (tertiary/aromatic N) is 2. The van der Waals surface area contributed by atoms with Crippen molar-refractivity contribution in [3.63, 3.8) is 0 Å². The Morgan fingerprint density at radius 2 is 1.90 bits per heavy atom. The molecule has 0 atom stereocenters. The monoisotopic (exact) mass is 434 g/mol. The average molecular weight is 435 g/mol. The molecular weight excluding hydrogens is 408 g/mol. The van der Waals surface area contributed by atoms with Gasteiger partial charge in [0.25, 0.3) is 5.91 Å². The predicted octanol–water partition coefficient (Wildman–Crippen LogP) is 4.79. The molecule has 31 heavy (non-hydrogen) atoms. The molecule has 0 spiro atoms. The van der Waals surface area contributed by atoms with E-state index in [-0.39, 0.29) is 5.91 Å². The molecule has 2 N–H and O–H groups in total. The average Bonchev–Trinajstić information content (AvgIpc) is 2.80. The lowest BCUT2D eigenvalue weighted by molar-refractivity contribution is 0.102. The molecule has 1 aliphatic heterocycles. The summed E-state index contributed by atoms with van der Waals surface area (Å²) in [6, 6.07) is 20.2. The van der Waals surface area contributed by atoms with Crippen LogP contribution >= 0.6 is 11.6 Å². The van der Waals surface area contributed by atoms with Gasteiger partial charge in [-0.1, -0.05) is 29.8 Å². The summed E-state index contributed by atoms with van der Waals surface area (Å²) >= 11 is 6.06. The molecule has 0 bridgehead atoms. The first kappa shape index (κ1) is 21.3. The lowest BCUT2D eigenvalue weighted by Gasteiger charge is -2.34. The predicted molar refractivity (Wildman–Crippen MR) is 127 cm³/mol. The van der Waals surface area contributed by atoms with E-state index in [0.29, 0.717) is 11.6 Å². The van der Waals surface area contributed by atoms with Gasteiger partial charge in [-0.15, -0.1) is 0 Å². The van der Waals surface area contributed by atoms with Crippen LogP contribution in [0.25, 0.3) is 0 Å². The summed E-state index contributed by atoms with van der Waals surface area (Å²) in [6.07, 6.45) is 6.42. The van der Waals surface area contributed by atoms with E-state index in [0.717, 1.165) is 55.3 Å². The van der Waals surface area contributed by atoms with Gasteiger partial charge in [-0.25, -0.2) is 0 Å². The highest BCUT2D eigenvalue weighted by Crippen LogP contribution is 2.23. The quantitative estimate of drug-likeness (QED) is 0.561. The van der Waals surface area contributed by atoms with Crippen molar-refractivity contribution in [2.45, 2.75) is 25.3 Å². The van der Waals surface area contributed by atoms with Gasteiger partial charge in [-0.05, 0) is 73.8 Å². The number of carbonyl (C=O) groups excluding carboxylic acids is 1. The van der Waals surface area contributed by atoms with E-state index in [4.69, 9.17) is 11.6 Å². The lowest BCUT2D eigenvalue weighted by atomic mass is 10.0. The Hall–Kier alpha value is -2.89. The van der Waals surface area contributed by atoms with Gasteiger partial charge in [0.15, 0.2) is 0 Å². The van der Waals surface area contributed by atoms with Crippen molar-refractivity contribution >= 4 is 28.9 Å². The van der Waals surface area contributed by atoms with Gasteiger partial charge in [0.2, 0.25) is 0 Å². The molecule has 1 aromatic heterocycles. The van der Waals surface area contributed by atoms with Crippen molar-refractivity contribution in [2.75, 3.05) is 29.9 Å². The second-order valence-corrected chi connectivity index (χ2v) is 8.28. The first-order valence-corrected chi connectivity index (χ1v) is 11.1.